The Bertz CT molecular complexity index is 682. The van der Waals surface area contributed by atoms with Crippen molar-refractivity contribution >= 4 is 22.7 Å². The van der Waals surface area contributed by atoms with Crippen LogP contribution in [0.5, 0.6) is 0 Å². The van der Waals surface area contributed by atoms with Crippen LogP contribution in [0, 0.1) is 0 Å². The predicted octanol–water partition coefficient (Wildman–Crippen LogP) is 1.81. The third-order valence-corrected chi connectivity index (χ3v) is 3.36. The third-order valence-electron chi connectivity index (χ3n) is 2.43. The van der Waals surface area contributed by atoms with Crippen LogP contribution in [0.25, 0.3) is 0 Å². The van der Waals surface area contributed by atoms with E-state index in [1.54, 1.807) is 5.10 Å². The van der Waals surface area contributed by atoms with Gasteiger partial charge < -0.3 is 0 Å². The lowest BCUT2D eigenvalue weighted by molar-refractivity contribution is -0.144. The number of alkyl halides is 3. The number of rotatable bonds is 3. The van der Waals surface area contributed by atoms with Crippen molar-refractivity contribution in [2.75, 3.05) is 11.6 Å². The van der Waals surface area contributed by atoms with Crippen LogP contribution < -0.4 is 5.32 Å². The molecule has 2 N–H and O–H groups in total. The summed E-state index contributed by atoms with van der Waals surface area (Å²) in [5.74, 6) is -2.44. The molecule has 0 bridgehead atoms. The van der Waals surface area contributed by atoms with E-state index in [1.807, 2.05) is 0 Å². The van der Waals surface area contributed by atoms with Crippen molar-refractivity contribution in [2.45, 2.75) is 11.1 Å². The van der Waals surface area contributed by atoms with Crippen LogP contribution in [0.4, 0.5) is 19.1 Å². The molecule has 2 rings (SSSR count). The van der Waals surface area contributed by atoms with Gasteiger partial charge in [0.2, 0.25) is 11.8 Å². The number of hydrogen-bond donors (Lipinski definition) is 2. The first kappa shape index (κ1) is 15.2. The second-order valence-electron chi connectivity index (χ2n) is 3.94. The Morgan fingerprint density at radius 2 is 1.90 bits per heavy atom. The number of aromatic amines is 1. The summed E-state index contributed by atoms with van der Waals surface area (Å²) >= 11 is 0. The maximum atomic E-state index is 12.3. The zero-order valence-electron chi connectivity index (χ0n) is 10.6. The van der Waals surface area contributed by atoms with Crippen LogP contribution in [0.3, 0.4) is 0 Å². The molecule has 1 amide bonds. The minimum absolute atomic E-state index is 0.183. The van der Waals surface area contributed by atoms with Gasteiger partial charge in [-0.15, -0.1) is 5.10 Å². The quantitative estimate of drug-likeness (QED) is 0.903. The molecule has 0 aliphatic rings. The van der Waals surface area contributed by atoms with Crippen LogP contribution in [-0.4, -0.2) is 31.6 Å². The average Bonchev–Trinajstić information content (AvgIpc) is 2.87. The topological polar surface area (TPSA) is 87.7 Å². The van der Waals surface area contributed by atoms with Gasteiger partial charge in [-0.05, 0) is 24.3 Å². The van der Waals surface area contributed by atoms with Crippen LogP contribution in [0.2, 0.25) is 0 Å². The maximum absolute atomic E-state index is 12.3. The molecule has 2 aromatic rings. The smallest absolute Gasteiger partial charge is 0.289 e. The van der Waals surface area contributed by atoms with Crippen molar-refractivity contribution < 1.29 is 22.2 Å². The van der Waals surface area contributed by atoms with Gasteiger partial charge in [0.15, 0.2) is 0 Å². The van der Waals surface area contributed by atoms with Gasteiger partial charge in [-0.3, -0.25) is 19.4 Å². The fraction of sp³-hybridized carbons (Fsp3) is 0.182. The van der Waals surface area contributed by atoms with E-state index >= 15 is 0 Å². The van der Waals surface area contributed by atoms with Gasteiger partial charge in [-0.25, -0.2) is 0 Å². The molecular formula is C11H9F3N4O2S. The number of anilines is 1. The van der Waals surface area contributed by atoms with Crippen molar-refractivity contribution in [1.29, 1.82) is 0 Å². The van der Waals surface area contributed by atoms with Gasteiger partial charge in [0.25, 0.3) is 5.91 Å². The van der Waals surface area contributed by atoms with Gasteiger partial charge >= 0.3 is 6.18 Å². The van der Waals surface area contributed by atoms with E-state index in [4.69, 9.17) is 0 Å². The van der Waals surface area contributed by atoms with Crippen molar-refractivity contribution in [3.8, 4) is 0 Å². The summed E-state index contributed by atoms with van der Waals surface area (Å²) in [5, 5.41) is 7.07. The molecule has 10 heteroatoms. The SMILES string of the molecule is CS(=O)c1ccc(C(=O)Nc2n[nH]c(C(F)(F)F)n2)cc1. The average molecular weight is 318 g/mol. The fourth-order valence-corrected chi connectivity index (χ4v) is 1.94. The normalized spacial score (nSPS) is 13.0. The molecule has 1 unspecified atom stereocenters. The number of nitrogens with zero attached hydrogens (tertiary/aromatic N) is 2. The number of carbonyl (C=O) groups is 1. The summed E-state index contributed by atoms with van der Waals surface area (Å²) in [6.07, 6.45) is -3.18. The molecule has 0 radical (unpaired) electrons. The van der Waals surface area contributed by atoms with Gasteiger partial charge in [-0.1, -0.05) is 0 Å². The number of aromatic nitrogens is 3. The number of H-pyrrole nitrogens is 1. The summed E-state index contributed by atoms with van der Waals surface area (Å²) in [6, 6.07) is 5.79. The number of carbonyl (C=O) groups excluding carboxylic acids is 1. The van der Waals surface area contributed by atoms with E-state index in [1.165, 1.54) is 30.5 Å². The van der Waals surface area contributed by atoms with Gasteiger partial charge in [0.1, 0.15) is 0 Å². The second-order valence-corrected chi connectivity index (χ2v) is 5.32. The molecule has 0 saturated carbocycles. The van der Waals surface area contributed by atoms with Crippen LogP contribution >= 0.6 is 0 Å². The lowest BCUT2D eigenvalue weighted by Gasteiger charge is -2.02. The number of amides is 1. The zero-order valence-corrected chi connectivity index (χ0v) is 11.4. The molecular weight excluding hydrogens is 309 g/mol. The molecule has 21 heavy (non-hydrogen) atoms. The first-order valence-electron chi connectivity index (χ1n) is 5.52. The Kier molecular flexibility index (Phi) is 4.07. The monoisotopic (exact) mass is 318 g/mol. The standard InChI is InChI=1S/C11H9F3N4O2S/c1-21(20)7-4-2-6(3-5-7)8(19)15-10-16-9(17-18-10)11(12,13)14/h2-5H,1H3,(H2,15,16,17,18,19). The maximum Gasteiger partial charge on any atom is 0.451 e. The first-order valence-corrected chi connectivity index (χ1v) is 7.07. The largest absolute Gasteiger partial charge is 0.451 e. The second kappa shape index (κ2) is 5.64. The minimum Gasteiger partial charge on any atom is -0.289 e. The molecule has 1 atom stereocenters. The molecule has 112 valence electrons. The van der Waals surface area contributed by atoms with Gasteiger partial charge in [0.05, 0.1) is 0 Å². The first-order chi connectivity index (χ1) is 9.77. The minimum atomic E-state index is -4.66. The summed E-state index contributed by atoms with van der Waals surface area (Å²) in [4.78, 5) is 15.4. The molecule has 0 spiro atoms. The van der Waals surface area contributed by atoms with Crippen LogP contribution in [0.1, 0.15) is 16.2 Å². The Balaban J connectivity index is 2.11. The Hall–Kier alpha value is -2.23. The highest BCUT2D eigenvalue weighted by Crippen LogP contribution is 2.26. The van der Waals surface area contributed by atoms with Crippen molar-refractivity contribution in [1.82, 2.24) is 15.2 Å². The number of nitrogens with one attached hydrogen (secondary N) is 2. The van der Waals surface area contributed by atoms with Crippen LogP contribution in [0.15, 0.2) is 29.2 Å². The van der Waals surface area contributed by atoms with Crippen molar-refractivity contribution in [3.63, 3.8) is 0 Å². The molecule has 0 aliphatic heterocycles. The molecule has 0 aliphatic carbocycles. The lowest BCUT2D eigenvalue weighted by Crippen LogP contribution is -2.13. The van der Waals surface area contributed by atoms with Crippen molar-refractivity contribution in [3.05, 3.63) is 35.7 Å². The molecule has 1 aromatic carbocycles. The zero-order chi connectivity index (χ0) is 15.6. The molecule has 1 heterocycles. The van der Waals surface area contributed by atoms with E-state index in [2.05, 4.69) is 15.4 Å². The Morgan fingerprint density at radius 3 is 2.38 bits per heavy atom. The van der Waals surface area contributed by atoms with Gasteiger partial charge in [0, 0.05) is 27.5 Å². The lowest BCUT2D eigenvalue weighted by atomic mass is 10.2. The number of hydrogen-bond acceptors (Lipinski definition) is 4. The van der Waals surface area contributed by atoms with Crippen LogP contribution in [-0.2, 0) is 17.0 Å². The summed E-state index contributed by atoms with van der Waals surface area (Å²) in [5.41, 5.74) is 0.183. The van der Waals surface area contributed by atoms with E-state index in [-0.39, 0.29) is 5.56 Å². The Morgan fingerprint density at radius 1 is 1.29 bits per heavy atom. The number of halogens is 3. The summed E-state index contributed by atoms with van der Waals surface area (Å²) in [7, 11) is -1.18. The van der Waals surface area contributed by atoms with E-state index < -0.39 is 34.7 Å². The molecule has 0 fully saturated rings. The Labute approximate surface area is 119 Å². The van der Waals surface area contributed by atoms with E-state index in [9.17, 15) is 22.2 Å². The highest BCUT2D eigenvalue weighted by molar-refractivity contribution is 7.84. The highest BCUT2D eigenvalue weighted by atomic mass is 32.2. The van der Waals surface area contributed by atoms with Gasteiger partial charge in [-0.2, -0.15) is 18.2 Å². The molecule has 1 aromatic heterocycles. The number of benzene rings is 1. The summed E-state index contributed by atoms with van der Waals surface area (Å²) < 4.78 is 48.1. The highest BCUT2D eigenvalue weighted by Gasteiger charge is 2.35. The third kappa shape index (κ3) is 3.66. The van der Waals surface area contributed by atoms with E-state index in [0.29, 0.717) is 4.90 Å². The van der Waals surface area contributed by atoms with E-state index in [0.717, 1.165) is 0 Å². The predicted molar refractivity (Wildman–Crippen MR) is 68.1 cm³/mol. The summed E-state index contributed by atoms with van der Waals surface area (Å²) in [6.45, 7) is 0. The molecule has 6 nitrogen and oxygen atoms in total. The fourth-order valence-electron chi connectivity index (χ4n) is 1.42. The molecule has 0 saturated heterocycles. The van der Waals surface area contributed by atoms with Crippen molar-refractivity contribution in [2.24, 2.45) is 0 Å².